The third-order valence-electron chi connectivity index (χ3n) is 2.52. The number of hydrogen-bond acceptors (Lipinski definition) is 2. The molecule has 0 radical (unpaired) electrons. The lowest BCUT2D eigenvalue weighted by Gasteiger charge is -2.30. The van der Waals surface area contributed by atoms with E-state index < -0.39 is 13.4 Å². The Bertz CT molecular complexity index is 184. The molecule has 1 saturated heterocycles. The fraction of sp³-hybridized carbons (Fsp3) is 1.00. The fourth-order valence-corrected chi connectivity index (χ4v) is 2.03. The minimum Gasteiger partial charge on any atom is -0.448 e. The van der Waals surface area contributed by atoms with E-state index in [0.29, 0.717) is 6.54 Å². The van der Waals surface area contributed by atoms with Crippen LogP contribution in [0.3, 0.4) is 0 Å². The first-order valence-electron chi connectivity index (χ1n) is 4.98. The van der Waals surface area contributed by atoms with Crippen LogP contribution in [0.1, 0.15) is 12.8 Å². The zero-order valence-electron chi connectivity index (χ0n) is 8.72. The van der Waals surface area contributed by atoms with E-state index in [2.05, 4.69) is 0 Å². The summed E-state index contributed by atoms with van der Waals surface area (Å²) in [5.41, 5.74) is 0. The molecule has 0 aromatic rings. The Labute approximate surface area is 83.1 Å². The summed E-state index contributed by atoms with van der Waals surface area (Å²) in [6.07, 6.45) is 1.09. The van der Waals surface area contributed by atoms with Crippen LogP contribution in [0.15, 0.2) is 0 Å². The van der Waals surface area contributed by atoms with Gasteiger partial charge in [0.2, 0.25) is 0 Å². The Balaban J connectivity index is 2.43. The second-order valence-corrected chi connectivity index (χ2v) is 4.26. The maximum atomic E-state index is 12.2. The Kier molecular flexibility index (Phi) is 3.83. The molecule has 0 aromatic carbocycles. The molecule has 1 aliphatic heterocycles. The van der Waals surface area contributed by atoms with Gasteiger partial charge in [0.15, 0.2) is 0 Å². The van der Waals surface area contributed by atoms with Crippen LogP contribution in [0.2, 0.25) is 0 Å². The third-order valence-corrected chi connectivity index (χ3v) is 2.52. The van der Waals surface area contributed by atoms with E-state index in [1.165, 1.54) is 0 Å². The van der Waals surface area contributed by atoms with Crippen LogP contribution in [-0.2, 0) is 0 Å². The molecule has 0 aliphatic carbocycles. The van der Waals surface area contributed by atoms with Crippen molar-refractivity contribution >= 4 is 6.98 Å². The van der Waals surface area contributed by atoms with Gasteiger partial charge >= 0.3 is 6.98 Å². The van der Waals surface area contributed by atoms with E-state index in [1.54, 1.807) is 4.90 Å². The summed E-state index contributed by atoms with van der Waals surface area (Å²) in [7, 11) is 3.80. The van der Waals surface area contributed by atoms with Crippen LogP contribution in [-0.4, -0.2) is 56.4 Å². The fourth-order valence-electron chi connectivity index (χ4n) is 2.03. The maximum absolute atomic E-state index is 12.2. The molecule has 1 aliphatic rings. The van der Waals surface area contributed by atoms with Gasteiger partial charge in [-0.2, -0.15) is 0 Å². The largest absolute Gasteiger partial charge is 0.492 e. The summed E-state index contributed by atoms with van der Waals surface area (Å²) in [5, 5.41) is 0. The molecule has 0 bridgehead atoms. The van der Waals surface area contributed by atoms with Gasteiger partial charge in [0.1, 0.15) is 0 Å². The molecule has 0 N–H and O–H groups in total. The summed E-state index contributed by atoms with van der Waals surface area (Å²) in [5.74, 6) is 0. The Hall–Kier alpha value is -0.225. The average molecular weight is 209 g/mol. The summed E-state index contributed by atoms with van der Waals surface area (Å²) in [6.45, 7) is -3.34. The van der Waals surface area contributed by atoms with Crippen molar-refractivity contribution in [3.8, 4) is 0 Å². The second-order valence-electron chi connectivity index (χ2n) is 4.26. The minimum atomic E-state index is -4.67. The summed E-state index contributed by atoms with van der Waals surface area (Å²) in [4.78, 5) is 3.52. The van der Waals surface area contributed by atoms with Gasteiger partial charge < -0.3 is 22.7 Å². The zero-order valence-corrected chi connectivity index (χ0v) is 8.72. The van der Waals surface area contributed by atoms with Gasteiger partial charge in [0, 0.05) is 12.6 Å². The monoisotopic (exact) mass is 209 g/mol. The van der Waals surface area contributed by atoms with Gasteiger partial charge in [-0.05, 0) is 39.9 Å². The highest BCUT2D eigenvalue weighted by molar-refractivity contribution is 6.58. The lowest BCUT2D eigenvalue weighted by Crippen LogP contribution is -2.44. The van der Waals surface area contributed by atoms with Crippen LogP contribution in [0.4, 0.5) is 12.9 Å². The van der Waals surface area contributed by atoms with E-state index in [4.69, 9.17) is 0 Å². The number of likely N-dealkylation sites (N-methyl/N-ethyl adjacent to an activating group) is 1. The van der Waals surface area contributed by atoms with Crippen molar-refractivity contribution in [1.29, 1.82) is 0 Å². The first kappa shape index (κ1) is 11.8. The van der Waals surface area contributed by atoms with Crippen LogP contribution >= 0.6 is 0 Å². The van der Waals surface area contributed by atoms with Crippen molar-refractivity contribution in [2.24, 2.45) is 0 Å². The number of hydrogen-bond donors (Lipinski definition) is 0. The highest BCUT2D eigenvalue weighted by Crippen LogP contribution is 2.21. The predicted octanol–water partition coefficient (Wildman–Crippen LogP) is 1.40. The number of likely N-dealkylation sites (tertiary alicyclic amines) is 1. The normalized spacial score (nSPS) is 24.9. The molecule has 0 aromatic heterocycles. The van der Waals surface area contributed by atoms with E-state index >= 15 is 0 Å². The molecule has 6 heteroatoms. The van der Waals surface area contributed by atoms with Gasteiger partial charge in [-0.25, -0.2) is 0 Å². The lowest BCUT2D eigenvalue weighted by atomic mass is 9.91. The minimum absolute atomic E-state index is 0.0912. The molecule has 84 valence electrons. The molecule has 0 saturated carbocycles. The molecule has 14 heavy (non-hydrogen) atoms. The Morgan fingerprint density at radius 3 is 2.50 bits per heavy atom. The quantitative estimate of drug-likeness (QED) is 0.645. The smallest absolute Gasteiger partial charge is 0.448 e. The molecule has 1 atom stereocenters. The first-order chi connectivity index (χ1) is 6.38. The van der Waals surface area contributed by atoms with E-state index in [0.717, 1.165) is 19.4 Å². The van der Waals surface area contributed by atoms with E-state index in [-0.39, 0.29) is 6.04 Å². The predicted molar refractivity (Wildman–Crippen MR) is 52.2 cm³/mol. The summed E-state index contributed by atoms with van der Waals surface area (Å²) in [6, 6.07) is 0.0912. The average Bonchev–Trinajstić information content (AvgIpc) is 2.32. The van der Waals surface area contributed by atoms with Crippen molar-refractivity contribution in [1.82, 2.24) is 9.80 Å². The maximum Gasteiger partial charge on any atom is 0.492 e. The van der Waals surface area contributed by atoms with Crippen molar-refractivity contribution in [2.45, 2.75) is 18.9 Å². The van der Waals surface area contributed by atoms with Crippen molar-refractivity contribution < 1.29 is 12.9 Å². The molecule has 2 nitrogen and oxygen atoms in total. The van der Waals surface area contributed by atoms with Gasteiger partial charge in [-0.3, -0.25) is 0 Å². The topological polar surface area (TPSA) is 6.48 Å². The Morgan fingerprint density at radius 2 is 2.00 bits per heavy atom. The highest BCUT2D eigenvalue weighted by atomic mass is 19.4. The first-order valence-corrected chi connectivity index (χ1v) is 4.98. The van der Waals surface area contributed by atoms with E-state index in [9.17, 15) is 12.9 Å². The molecule has 1 rings (SSSR count). The van der Waals surface area contributed by atoms with Crippen LogP contribution in [0.5, 0.6) is 0 Å². The van der Waals surface area contributed by atoms with Crippen LogP contribution < -0.4 is 0 Å². The van der Waals surface area contributed by atoms with E-state index in [1.807, 2.05) is 19.0 Å². The standard InChI is InChI=1S/C8H17BF3N2/c1-13(2)6-8-4-3-5-14(8)7-9(10,11)12/h8H,3-7H2,1-2H3/q-1. The zero-order chi connectivity index (χ0) is 10.8. The van der Waals surface area contributed by atoms with Gasteiger partial charge in [0.05, 0.1) is 0 Å². The lowest BCUT2D eigenvalue weighted by molar-refractivity contribution is 0.215. The van der Waals surface area contributed by atoms with Gasteiger partial charge in [-0.15, -0.1) is 0 Å². The molecule has 0 spiro atoms. The number of rotatable bonds is 4. The molecular weight excluding hydrogens is 192 g/mol. The van der Waals surface area contributed by atoms with Crippen molar-refractivity contribution in [3.63, 3.8) is 0 Å². The van der Waals surface area contributed by atoms with Crippen LogP contribution in [0, 0.1) is 0 Å². The van der Waals surface area contributed by atoms with Gasteiger partial charge in [-0.1, -0.05) is 0 Å². The van der Waals surface area contributed by atoms with Crippen molar-refractivity contribution in [2.75, 3.05) is 33.6 Å². The highest BCUT2D eigenvalue weighted by Gasteiger charge is 2.32. The summed E-state index contributed by atoms with van der Waals surface area (Å²) >= 11 is 0. The number of nitrogens with zero attached hydrogens (tertiary/aromatic N) is 2. The summed E-state index contributed by atoms with van der Waals surface area (Å²) < 4.78 is 36.7. The molecule has 0 amide bonds. The SMILES string of the molecule is CN(C)CC1CCCN1C[B-](F)(F)F. The molecule has 1 heterocycles. The molecule has 1 unspecified atom stereocenters. The van der Waals surface area contributed by atoms with Crippen molar-refractivity contribution in [3.05, 3.63) is 0 Å². The second kappa shape index (κ2) is 4.53. The third kappa shape index (κ3) is 3.88. The van der Waals surface area contributed by atoms with Gasteiger partial charge in [0.25, 0.3) is 0 Å². The number of halogens is 3. The molecular formula is C8H17BF3N2-. The Morgan fingerprint density at radius 1 is 1.36 bits per heavy atom. The molecule has 1 fully saturated rings. The van der Waals surface area contributed by atoms with Crippen LogP contribution in [0.25, 0.3) is 0 Å².